The summed E-state index contributed by atoms with van der Waals surface area (Å²) in [5.41, 5.74) is 0.356. The quantitative estimate of drug-likeness (QED) is 0.445. The van der Waals surface area contributed by atoms with Crippen LogP contribution in [0.3, 0.4) is 0 Å². The van der Waals surface area contributed by atoms with E-state index in [1.54, 1.807) is 18.2 Å². The molecule has 0 unspecified atom stereocenters. The molecule has 0 spiro atoms. The number of nitro groups is 1. The van der Waals surface area contributed by atoms with Crippen molar-refractivity contribution >= 4 is 27.6 Å². The molecule has 1 aromatic carbocycles. The molecule has 0 atom stereocenters. The van der Waals surface area contributed by atoms with Gasteiger partial charge in [-0.3, -0.25) is 14.9 Å². The molecular weight excluding hydrogens is 342 g/mol. The fourth-order valence-electron chi connectivity index (χ4n) is 1.66. The zero-order valence-corrected chi connectivity index (χ0v) is 12.8. The summed E-state index contributed by atoms with van der Waals surface area (Å²) in [6, 6.07) is 7.30. The normalized spacial score (nSPS) is 10.4. The summed E-state index contributed by atoms with van der Waals surface area (Å²) < 4.78 is 11.0. The monoisotopic (exact) mass is 353 g/mol. The second-order valence-corrected chi connectivity index (χ2v) is 5.07. The molecule has 0 fully saturated rings. The highest BCUT2D eigenvalue weighted by atomic mass is 79.9. The van der Waals surface area contributed by atoms with Gasteiger partial charge in [-0.25, -0.2) is 0 Å². The summed E-state index contributed by atoms with van der Waals surface area (Å²) in [5.74, 6) is -0.319. The van der Waals surface area contributed by atoms with Crippen LogP contribution in [0, 0.1) is 10.1 Å². The van der Waals surface area contributed by atoms with Crippen molar-refractivity contribution in [1.82, 2.24) is 0 Å². The van der Waals surface area contributed by atoms with Gasteiger partial charge in [0.1, 0.15) is 10.7 Å². The number of hydrogen-bond acceptors (Lipinski definition) is 5. The largest absolute Gasteiger partial charge is 0.492 e. The fourth-order valence-corrected chi connectivity index (χ4v) is 2.15. The van der Waals surface area contributed by atoms with Crippen LogP contribution in [0.2, 0.25) is 0 Å². The number of nitrogens with zero attached hydrogens (tertiary/aromatic N) is 1. The van der Waals surface area contributed by atoms with Crippen molar-refractivity contribution in [1.29, 1.82) is 0 Å². The number of hydrogen-bond donors (Lipinski definition) is 0. The van der Waals surface area contributed by atoms with Crippen LogP contribution in [-0.4, -0.2) is 17.3 Å². The van der Waals surface area contributed by atoms with Crippen molar-refractivity contribution in [3.05, 3.63) is 56.2 Å². The predicted molar refractivity (Wildman–Crippen MR) is 78.7 cm³/mol. The summed E-state index contributed by atoms with van der Waals surface area (Å²) in [7, 11) is 0. The third-order valence-electron chi connectivity index (χ3n) is 2.65. The highest BCUT2D eigenvalue weighted by molar-refractivity contribution is 9.10. The molecular formula is C14H12BrNO5. The standard InChI is InChI=1S/C14H12BrNO5/c1-2-7-20-11-4-3-9(8-10(11)15)14(17)12-5-6-13(21-12)16(18)19/h3-6,8H,2,7H2,1H3. The Morgan fingerprint density at radius 1 is 1.38 bits per heavy atom. The van der Waals surface area contributed by atoms with Crippen LogP contribution in [0.15, 0.2) is 39.2 Å². The van der Waals surface area contributed by atoms with E-state index in [9.17, 15) is 14.9 Å². The minimum Gasteiger partial charge on any atom is -0.492 e. The van der Waals surface area contributed by atoms with Gasteiger partial charge in [-0.15, -0.1) is 0 Å². The van der Waals surface area contributed by atoms with Gasteiger partial charge in [-0.1, -0.05) is 6.92 Å². The van der Waals surface area contributed by atoms with Crippen LogP contribution >= 0.6 is 15.9 Å². The van der Waals surface area contributed by atoms with E-state index in [0.717, 1.165) is 12.5 Å². The Kier molecular flexibility index (Phi) is 4.74. The van der Waals surface area contributed by atoms with Gasteiger partial charge in [0, 0.05) is 5.56 Å². The molecule has 2 rings (SSSR count). The number of carbonyl (C=O) groups excluding carboxylic acids is 1. The first kappa shape index (κ1) is 15.2. The highest BCUT2D eigenvalue weighted by Crippen LogP contribution is 2.28. The molecule has 0 amide bonds. The molecule has 0 saturated heterocycles. The van der Waals surface area contributed by atoms with Gasteiger partial charge in [-0.05, 0) is 46.6 Å². The lowest BCUT2D eigenvalue weighted by Gasteiger charge is -2.07. The Bertz CT molecular complexity index is 680. The molecule has 0 aliphatic heterocycles. The molecule has 0 aliphatic rings. The van der Waals surface area contributed by atoms with E-state index in [0.29, 0.717) is 22.4 Å². The smallest absolute Gasteiger partial charge is 0.433 e. The lowest BCUT2D eigenvalue weighted by atomic mass is 10.1. The molecule has 0 aliphatic carbocycles. The van der Waals surface area contributed by atoms with E-state index >= 15 is 0 Å². The SMILES string of the molecule is CCCOc1ccc(C(=O)c2ccc([N+](=O)[O-])o2)cc1Br. The maximum absolute atomic E-state index is 12.2. The van der Waals surface area contributed by atoms with Gasteiger partial charge in [0.15, 0.2) is 5.76 Å². The van der Waals surface area contributed by atoms with Crippen LogP contribution in [-0.2, 0) is 0 Å². The molecule has 0 radical (unpaired) electrons. The van der Waals surface area contributed by atoms with Crippen LogP contribution in [0.5, 0.6) is 5.75 Å². The van der Waals surface area contributed by atoms with Crippen molar-refractivity contribution < 1.29 is 18.9 Å². The summed E-state index contributed by atoms with van der Waals surface area (Å²) in [6.45, 7) is 2.58. The van der Waals surface area contributed by atoms with Crippen molar-refractivity contribution in [3.63, 3.8) is 0 Å². The summed E-state index contributed by atoms with van der Waals surface area (Å²) in [4.78, 5) is 22.0. The van der Waals surface area contributed by atoms with Crippen molar-refractivity contribution in [2.24, 2.45) is 0 Å². The number of rotatable bonds is 6. The number of benzene rings is 1. The molecule has 0 N–H and O–H groups in total. The minimum atomic E-state index is -0.686. The molecule has 0 saturated carbocycles. The van der Waals surface area contributed by atoms with E-state index in [2.05, 4.69) is 15.9 Å². The van der Waals surface area contributed by atoms with E-state index in [1.807, 2.05) is 6.92 Å². The van der Waals surface area contributed by atoms with Crippen LogP contribution in [0.4, 0.5) is 5.88 Å². The predicted octanol–water partition coefficient (Wildman–Crippen LogP) is 3.97. The summed E-state index contributed by atoms with van der Waals surface area (Å²) >= 11 is 3.33. The highest BCUT2D eigenvalue weighted by Gasteiger charge is 2.19. The van der Waals surface area contributed by atoms with Gasteiger partial charge in [0.25, 0.3) is 0 Å². The number of ether oxygens (including phenoxy) is 1. The Hall–Kier alpha value is -2.15. The topological polar surface area (TPSA) is 82.6 Å². The van der Waals surface area contributed by atoms with Gasteiger partial charge < -0.3 is 9.15 Å². The first-order chi connectivity index (χ1) is 10.0. The number of carbonyl (C=O) groups is 1. The minimum absolute atomic E-state index is 0.0733. The third-order valence-corrected chi connectivity index (χ3v) is 3.27. The van der Waals surface area contributed by atoms with Gasteiger partial charge in [0.2, 0.25) is 5.78 Å². The van der Waals surface area contributed by atoms with E-state index in [4.69, 9.17) is 9.15 Å². The summed E-state index contributed by atoms with van der Waals surface area (Å²) in [6.07, 6.45) is 0.878. The zero-order valence-electron chi connectivity index (χ0n) is 11.2. The molecule has 1 aromatic heterocycles. The van der Waals surface area contributed by atoms with Crippen molar-refractivity contribution in [3.8, 4) is 5.75 Å². The molecule has 0 bridgehead atoms. The van der Waals surface area contributed by atoms with Gasteiger partial charge in [-0.2, -0.15) is 0 Å². The first-order valence-corrected chi connectivity index (χ1v) is 7.03. The van der Waals surface area contributed by atoms with E-state index < -0.39 is 16.6 Å². The fraction of sp³-hybridized carbons (Fsp3) is 0.214. The Morgan fingerprint density at radius 2 is 2.14 bits per heavy atom. The number of ketones is 1. The van der Waals surface area contributed by atoms with E-state index in [1.165, 1.54) is 6.07 Å². The molecule has 21 heavy (non-hydrogen) atoms. The van der Waals surface area contributed by atoms with Gasteiger partial charge in [0.05, 0.1) is 17.1 Å². The zero-order chi connectivity index (χ0) is 15.4. The van der Waals surface area contributed by atoms with Crippen LogP contribution in [0.25, 0.3) is 0 Å². The average Bonchev–Trinajstić information content (AvgIpc) is 2.95. The number of halogens is 1. The van der Waals surface area contributed by atoms with Gasteiger partial charge >= 0.3 is 5.88 Å². The second kappa shape index (κ2) is 6.53. The van der Waals surface area contributed by atoms with Crippen molar-refractivity contribution in [2.75, 3.05) is 6.61 Å². The molecule has 6 nitrogen and oxygen atoms in total. The lowest BCUT2D eigenvalue weighted by Crippen LogP contribution is -2.01. The molecule has 7 heteroatoms. The first-order valence-electron chi connectivity index (χ1n) is 6.24. The Labute approximate surface area is 129 Å². The number of furan rings is 1. The molecule has 1 heterocycles. The van der Waals surface area contributed by atoms with E-state index in [-0.39, 0.29) is 5.76 Å². The average molecular weight is 354 g/mol. The summed E-state index contributed by atoms with van der Waals surface area (Å²) in [5, 5.41) is 10.5. The molecule has 110 valence electrons. The Morgan fingerprint density at radius 3 is 2.71 bits per heavy atom. The maximum atomic E-state index is 12.2. The third kappa shape index (κ3) is 3.49. The van der Waals surface area contributed by atoms with Crippen molar-refractivity contribution in [2.45, 2.75) is 13.3 Å². The van der Waals surface area contributed by atoms with Crippen LogP contribution < -0.4 is 4.74 Å². The lowest BCUT2D eigenvalue weighted by molar-refractivity contribution is -0.402. The maximum Gasteiger partial charge on any atom is 0.433 e. The van der Waals surface area contributed by atoms with Crippen LogP contribution in [0.1, 0.15) is 29.5 Å². The Balaban J connectivity index is 2.22. The molecule has 2 aromatic rings. The second-order valence-electron chi connectivity index (χ2n) is 4.22.